The molecule has 0 atom stereocenters. The second-order valence-electron chi connectivity index (χ2n) is 6.92. The molecule has 1 heterocycles. The van der Waals surface area contributed by atoms with Gasteiger partial charge in [-0.3, -0.25) is 4.79 Å². The highest BCUT2D eigenvalue weighted by molar-refractivity contribution is 5.91. The first kappa shape index (κ1) is 22.5. The SMILES string of the molecule is COc1ccc(/C=C/C(=O)NCCn2nc([N+](=O)[O-])cc2C)cc1COc1ccccc1. The van der Waals surface area contributed by atoms with Gasteiger partial charge in [0.2, 0.25) is 5.91 Å². The van der Waals surface area contributed by atoms with Crippen LogP contribution in [0.1, 0.15) is 16.8 Å². The molecule has 0 unspecified atom stereocenters. The van der Waals surface area contributed by atoms with E-state index in [9.17, 15) is 14.9 Å². The van der Waals surface area contributed by atoms with Crippen LogP contribution in [-0.2, 0) is 17.9 Å². The molecular formula is C23H24N4O5. The van der Waals surface area contributed by atoms with E-state index in [0.29, 0.717) is 31.1 Å². The van der Waals surface area contributed by atoms with E-state index in [1.807, 2.05) is 48.5 Å². The highest BCUT2D eigenvalue weighted by Gasteiger charge is 2.14. The molecule has 0 saturated carbocycles. The number of carbonyl (C=O) groups is 1. The van der Waals surface area contributed by atoms with Gasteiger partial charge in [0.15, 0.2) is 0 Å². The van der Waals surface area contributed by atoms with Crippen LogP contribution in [0.4, 0.5) is 5.82 Å². The van der Waals surface area contributed by atoms with E-state index in [1.165, 1.54) is 16.8 Å². The van der Waals surface area contributed by atoms with Crippen LogP contribution in [0.2, 0.25) is 0 Å². The Morgan fingerprint density at radius 2 is 2.00 bits per heavy atom. The molecular weight excluding hydrogens is 412 g/mol. The normalized spacial score (nSPS) is 10.8. The molecule has 0 saturated heterocycles. The van der Waals surface area contributed by atoms with Crippen molar-refractivity contribution >= 4 is 17.8 Å². The minimum Gasteiger partial charge on any atom is -0.496 e. The Kier molecular flexibility index (Phi) is 7.58. The molecule has 0 aliphatic carbocycles. The first-order valence-electron chi connectivity index (χ1n) is 9.96. The minimum atomic E-state index is -0.543. The van der Waals surface area contributed by atoms with Gasteiger partial charge in [0.05, 0.1) is 30.5 Å². The summed E-state index contributed by atoms with van der Waals surface area (Å²) < 4.78 is 12.7. The predicted octanol–water partition coefficient (Wildman–Crippen LogP) is 3.52. The van der Waals surface area contributed by atoms with Crippen molar-refractivity contribution < 1.29 is 19.2 Å². The average Bonchev–Trinajstić information content (AvgIpc) is 3.18. The zero-order chi connectivity index (χ0) is 22.9. The molecule has 1 amide bonds. The number of rotatable bonds is 10. The Morgan fingerprint density at radius 3 is 2.69 bits per heavy atom. The maximum absolute atomic E-state index is 12.1. The fraction of sp³-hybridized carbons (Fsp3) is 0.217. The third-order valence-electron chi connectivity index (χ3n) is 4.65. The summed E-state index contributed by atoms with van der Waals surface area (Å²) in [5.41, 5.74) is 2.34. The summed E-state index contributed by atoms with van der Waals surface area (Å²) in [6, 6.07) is 16.5. The summed E-state index contributed by atoms with van der Waals surface area (Å²) in [7, 11) is 1.60. The monoisotopic (exact) mass is 436 g/mol. The lowest BCUT2D eigenvalue weighted by atomic mass is 10.1. The summed E-state index contributed by atoms with van der Waals surface area (Å²) >= 11 is 0. The fourth-order valence-corrected chi connectivity index (χ4v) is 3.02. The van der Waals surface area contributed by atoms with Gasteiger partial charge in [-0.2, -0.15) is 4.68 Å². The van der Waals surface area contributed by atoms with Crippen LogP contribution in [0, 0.1) is 17.0 Å². The quantitative estimate of drug-likeness (QED) is 0.296. The number of nitrogens with one attached hydrogen (secondary N) is 1. The fourth-order valence-electron chi connectivity index (χ4n) is 3.02. The number of nitrogens with zero attached hydrogens (tertiary/aromatic N) is 3. The molecule has 9 heteroatoms. The lowest BCUT2D eigenvalue weighted by Crippen LogP contribution is -2.26. The molecule has 0 bridgehead atoms. The number of carbonyl (C=O) groups excluding carboxylic acids is 1. The summed E-state index contributed by atoms with van der Waals surface area (Å²) in [5.74, 6) is 0.973. The molecule has 1 aromatic heterocycles. The maximum Gasteiger partial charge on any atom is 0.390 e. The van der Waals surface area contributed by atoms with E-state index in [2.05, 4.69) is 10.4 Å². The first-order chi connectivity index (χ1) is 15.5. The van der Waals surface area contributed by atoms with Crippen LogP contribution in [0.15, 0.2) is 60.7 Å². The van der Waals surface area contributed by atoms with E-state index in [0.717, 1.165) is 16.9 Å². The second kappa shape index (κ2) is 10.8. The van der Waals surface area contributed by atoms with Gasteiger partial charge in [-0.25, -0.2) is 0 Å². The molecule has 3 aromatic rings. The Balaban J connectivity index is 1.55. The summed E-state index contributed by atoms with van der Waals surface area (Å²) in [6.45, 7) is 2.69. The van der Waals surface area contributed by atoms with Crippen molar-refractivity contribution in [2.75, 3.05) is 13.7 Å². The number of methoxy groups -OCH3 is 1. The standard InChI is InChI=1S/C23H24N4O5/c1-17-14-22(27(29)30)25-26(17)13-12-24-23(28)11-9-18-8-10-21(31-2)19(15-18)16-32-20-6-4-3-5-7-20/h3-11,14-15H,12-13,16H2,1-2H3,(H,24,28)/b11-9+. The van der Waals surface area contributed by atoms with Crippen molar-refractivity contribution in [1.29, 1.82) is 0 Å². The van der Waals surface area contributed by atoms with Crippen molar-refractivity contribution in [3.05, 3.63) is 87.6 Å². The zero-order valence-corrected chi connectivity index (χ0v) is 17.9. The van der Waals surface area contributed by atoms with Gasteiger partial charge in [0.25, 0.3) is 0 Å². The van der Waals surface area contributed by atoms with Gasteiger partial charge >= 0.3 is 5.82 Å². The molecule has 1 N–H and O–H groups in total. The van der Waals surface area contributed by atoms with Gasteiger partial charge in [-0.1, -0.05) is 24.3 Å². The first-order valence-corrected chi connectivity index (χ1v) is 9.96. The number of nitro groups is 1. The van der Waals surface area contributed by atoms with Crippen molar-refractivity contribution in [2.24, 2.45) is 0 Å². The number of hydrogen-bond acceptors (Lipinski definition) is 6. The molecule has 0 radical (unpaired) electrons. The smallest absolute Gasteiger partial charge is 0.390 e. The Bertz CT molecular complexity index is 1110. The van der Waals surface area contributed by atoms with E-state index in [1.54, 1.807) is 20.1 Å². The third-order valence-corrected chi connectivity index (χ3v) is 4.65. The third kappa shape index (κ3) is 6.18. The Morgan fingerprint density at radius 1 is 1.22 bits per heavy atom. The highest BCUT2D eigenvalue weighted by Crippen LogP contribution is 2.23. The lowest BCUT2D eigenvalue weighted by Gasteiger charge is -2.11. The van der Waals surface area contributed by atoms with Crippen molar-refractivity contribution in [2.45, 2.75) is 20.1 Å². The van der Waals surface area contributed by atoms with Gasteiger partial charge in [-0.05, 0) is 47.8 Å². The summed E-state index contributed by atoms with van der Waals surface area (Å²) in [5, 5.41) is 17.4. The van der Waals surface area contributed by atoms with Crippen molar-refractivity contribution in [1.82, 2.24) is 15.1 Å². The van der Waals surface area contributed by atoms with Gasteiger partial charge < -0.3 is 24.9 Å². The van der Waals surface area contributed by atoms with E-state index in [4.69, 9.17) is 9.47 Å². The molecule has 0 aliphatic heterocycles. The molecule has 0 fully saturated rings. The number of amides is 1. The molecule has 3 rings (SSSR count). The number of para-hydroxylation sites is 1. The number of hydrogen-bond donors (Lipinski definition) is 1. The number of ether oxygens (including phenoxy) is 2. The van der Waals surface area contributed by atoms with E-state index in [-0.39, 0.29) is 11.7 Å². The van der Waals surface area contributed by atoms with Crippen LogP contribution in [0.25, 0.3) is 6.08 Å². The Labute approximate surface area is 185 Å². The predicted molar refractivity (Wildman–Crippen MR) is 119 cm³/mol. The highest BCUT2D eigenvalue weighted by atomic mass is 16.6. The largest absolute Gasteiger partial charge is 0.496 e. The average molecular weight is 436 g/mol. The van der Waals surface area contributed by atoms with Crippen LogP contribution in [-0.4, -0.2) is 34.3 Å². The lowest BCUT2D eigenvalue weighted by molar-refractivity contribution is -0.389. The van der Waals surface area contributed by atoms with Gasteiger partial charge in [-0.15, -0.1) is 0 Å². The molecule has 166 valence electrons. The summed E-state index contributed by atoms with van der Waals surface area (Å²) in [4.78, 5) is 22.4. The summed E-state index contributed by atoms with van der Waals surface area (Å²) in [6.07, 6.45) is 3.13. The Hall–Kier alpha value is -4.14. The van der Waals surface area contributed by atoms with E-state index < -0.39 is 4.92 Å². The number of benzene rings is 2. The number of aryl methyl sites for hydroxylation is 1. The molecule has 32 heavy (non-hydrogen) atoms. The topological polar surface area (TPSA) is 109 Å². The minimum absolute atomic E-state index is 0.208. The van der Waals surface area contributed by atoms with Crippen LogP contribution in [0.3, 0.4) is 0 Å². The van der Waals surface area contributed by atoms with Crippen molar-refractivity contribution in [3.8, 4) is 11.5 Å². The molecule has 2 aromatic carbocycles. The van der Waals surface area contributed by atoms with Crippen LogP contribution < -0.4 is 14.8 Å². The van der Waals surface area contributed by atoms with Crippen LogP contribution in [0.5, 0.6) is 11.5 Å². The van der Waals surface area contributed by atoms with E-state index >= 15 is 0 Å². The van der Waals surface area contributed by atoms with Crippen molar-refractivity contribution in [3.63, 3.8) is 0 Å². The second-order valence-corrected chi connectivity index (χ2v) is 6.92. The molecule has 0 aliphatic rings. The molecule has 0 spiro atoms. The number of aromatic nitrogens is 2. The van der Waals surface area contributed by atoms with Gasteiger partial charge in [0.1, 0.15) is 18.1 Å². The molecule has 9 nitrogen and oxygen atoms in total. The maximum atomic E-state index is 12.1. The van der Waals surface area contributed by atoms with Crippen LogP contribution >= 0.6 is 0 Å². The zero-order valence-electron chi connectivity index (χ0n) is 17.9. The van der Waals surface area contributed by atoms with Gasteiger partial charge in [0, 0.05) is 18.2 Å².